The maximum absolute atomic E-state index is 3.22. The summed E-state index contributed by atoms with van der Waals surface area (Å²) in [5, 5.41) is 2.32. The fourth-order valence-corrected chi connectivity index (χ4v) is 2.62. The van der Waals surface area contributed by atoms with Crippen molar-refractivity contribution in [3.63, 3.8) is 0 Å². The van der Waals surface area contributed by atoms with Gasteiger partial charge in [-0.2, -0.15) is 0 Å². The van der Waals surface area contributed by atoms with Crippen molar-refractivity contribution in [1.29, 1.82) is 0 Å². The molecule has 2 saturated heterocycles. The Morgan fingerprint density at radius 2 is 1.75 bits per heavy atom. The van der Waals surface area contributed by atoms with Crippen molar-refractivity contribution >= 4 is 0 Å². The van der Waals surface area contributed by atoms with Crippen LogP contribution in [0.25, 0.3) is 0 Å². The molecule has 0 atom stereocenters. The summed E-state index contributed by atoms with van der Waals surface area (Å²) >= 11 is 0. The highest BCUT2D eigenvalue weighted by Crippen LogP contribution is 2.38. The Morgan fingerprint density at radius 1 is 1.17 bits per heavy atom. The van der Waals surface area contributed by atoms with Gasteiger partial charge in [-0.05, 0) is 32.4 Å². The van der Waals surface area contributed by atoms with Crippen LogP contribution in [0.15, 0.2) is 0 Å². The van der Waals surface area contributed by atoms with E-state index in [2.05, 4.69) is 22.4 Å². The standard InChI is InChI=1S/C9H19N3/c1-10-12-5-3-9(4-6-12)7-11(2)8-9/h10H,3-8H2,1-2H3. The fraction of sp³-hybridized carbons (Fsp3) is 1.00. The number of nitrogens with one attached hydrogen (secondary N) is 1. The monoisotopic (exact) mass is 169 g/mol. The van der Waals surface area contributed by atoms with Crippen LogP contribution in [0.4, 0.5) is 0 Å². The van der Waals surface area contributed by atoms with E-state index in [9.17, 15) is 0 Å². The fourth-order valence-electron chi connectivity index (χ4n) is 2.62. The van der Waals surface area contributed by atoms with Crippen molar-refractivity contribution in [2.75, 3.05) is 40.3 Å². The van der Waals surface area contributed by atoms with Crippen LogP contribution in [0, 0.1) is 5.41 Å². The average Bonchev–Trinajstić information content (AvgIpc) is 2.04. The van der Waals surface area contributed by atoms with Gasteiger partial charge < -0.3 is 4.90 Å². The van der Waals surface area contributed by atoms with Crippen LogP contribution < -0.4 is 5.43 Å². The van der Waals surface area contributed by atoms with Gasteiger partial charge in [-0.3, -0.25) is 5.43 Å². The van der Waals surface area contributed by atoms with Gasteiger partial charge in [-0.1, -0.05) is 0 Å². The van der Waals surface area contributed by atoms with E-state index in [4.69, 9.17) is 0 Å². The normalized spacial score (nSPS) is 30.5. The Hall–Kier alpha value is -0.120. The molecule has 0 aliphatic carbocycles. The van der Waals surface area contributed by atoms with Crippen molar-refractivity contribution in [3.05, 3.63) is 0 Å². The lowest BCUT2D eigenvalue weighted by Crippen LogP contribution is -2.59. The maximum atomic E-state index is 3.22. The highest BCUT2D eigenvalue weighted by atomic mass is 15.5. The largest absolute Gasteiger partial charge is 0.305 e. The molecule has 2 heterocycles. The van der Waals surface area contributed by atoms with Crippen LogP contribution in [-0.4, -0.2) is 50.2 Å². The lowest BCUT2D eigenvalue weighted by molar-refractivity contribution is -0.0403. The molecule has 2 rings (SSSR count). The second kappa shape index (κ2) is 2.98. The van der Waals surface area contributed by atoms with Crippen LogP contribution in [0.5, 0.6) is 0 Å². The van der Waals surface area contributed by atoms with E-state index in [1.54, 1.807) is 0 Å². The molecule has 2 aliphatic heterocycles. The van der Waals surface area contributed by atoms with E-state index in [-0.39, 0.29) is 0 Å². The number of rotatable bonds is 1. The molecule has 0 amide bonds. The van der Waals surface area contributed by atoms with Gasteiger partial charge in [0.25, 0.3) is 0 Å². The van der Waals surface area contributed by atoms with Crippen molar-refractivity contribution < 1.29 is 0 Å². The molecule has 0 unspecified atom stereocenters. The molecule has 0 aromatic carbocycles. The smallest absolute Gasteiger partial charge is 0.0137 e. The number of hydrogen-bond donors (Lipinski definition) is 1. The second-order valence-electron chi connectivity index (χ2n) is 4.38. The summed E-state index contributed by atoms with van der Waals surface area (Å²) < 4.78 is 0. The summed E-state index contributed by atoms with van der Waals surface area (Å²) in [6, 6.07) is 0. The van der Waals surface area contributed by atoms with Crippen molar-refractivity contribution in [2.45, 2.75) is 12.8 Å². The molecule has 0 radical (unpaired) electrons. The zero-order valence-electron chi connectivity index (χ0n) is 8.14. The summed E-state index contributed by atoms with van der Waals surface area (Å²) in [7, 11) is 4.24. The lowest BCUT2D eigenvalue weighted by atomic mass is 9.72. The van der Waals surface area contributed by atoms with Gasteiger partial charge in [0.15, 0.2) is 0 Å². The van der Waals surface area contributed by atoms with Gasteiger partial charge in [-0.15, -0.1) is 0 Å². The van der Waals surface area contributed by atoms with E-state index in [1.807, 2.05) is 7.05 Å². The third-order valence-corrected chi connectivity index (χ3v) is 3.35. The summed E-state index contributed by atoms with van der Waals surface area (Å²) in [6.45, 7) is 5.10. The topological polar surface area (TPSA) is 18.5 Å². The Kier molecular flexibility index (Phi) is 2.10. The van der Waals surface area contributed by atoms with Crippen molar-refractivity contribution in [3.8, 4) is 0 Å². The third-order valence-electron chi connectivity index (χ3n) is 3.35. The zero-order chi connectivity index (χ0) is 8.60. The number of hydrazine groups is 1. The number of likely N-dealkylation sites (tertiary alicyclic amines) is 1. The highest BCUT2D eigenvalue weighted by molar-refractivity contribution is 4.96. The van der Waals surface area contributed by atoms with Crippen LogP contribution in [0.3, 0.4) is 0 Å². The number of hydrogen-bond acceptors (Lipinski definition) is 3. The quantitative estimate of drug-likeness (QED) is 0.603. The second-order valence-corrected chi connectivity index (χ2v) is 4.38. The molecule has 0 bridgehead atoms. The molecular formula is C9H19N3. The van der Waals surface area contributed by atoms with Gasteiger partial charge in [0.2, 0.25) is 0 Å². The van der Waals surface area contributed by atoms with Crippen LogP contribution in [0.2, 0.25) is 0 Å². The first-order valence-electron chi connectivity index (χ1n) is 4.85. The van der Waals surface area contributed by atoms with Crippen LogP contribution >= 0.6 is 0 Å². The molecule has 0 aromatic heterocycles. The molecule has 1 spiro atoms. The minimum atomic E-state index is 0.697. The van der Waals surface area contributed by atoms with E-state index >= 15 is 0 Å². The number of nitrogens with zero attached hydrogens (tertiary/aromatic N) is 2. The van der Waals surface area contributed by atoms with E-state index in [0.29, 0.717) is 5.41 Å². The molecule has 1 N–H and O–H groups in total. The summed E-state index contributed by atoms with van der Waals surface area (Å²) in [6.07, 6.45) is 2.75. The Morgan fingerprint density at radius 3 is 2.17 bits per heavy atom. The number of piperidine rings is 1. The SMILES string of the molecule is CNN1CCC2(CC1)CN(C)C2. The predicted octanol–water partition coefficient (Wildman–Crippen LogP) is 0.148. The van der Waals surface area contributed by atoms with Crippen molar-refractivity contribution in [1.82, 2.24) is 15.3 Å². The molecule has 12 heavy (non-hydrogen) atoms. The molecule has 0 aromatic rings. The molecule has 2 aliphatic rings. The molecule has 0 saturated carbocycles. The lowest BCUT2D eigenvalue weighted by Gasteiger charge is -2.52. The van der Waals surface area contributed by atoms with E-state index in [0.717, 1.165) is 0 Å². The van der Waals surface area contributed by atoms with Crippen LogP contribution in [-0.2, 0) is 0 Å². The molecule has 70 valence electrons. The van der Waals surface area contributed by atoms with Gasteiger partial charge in [-0.25, -0.2) is 5.01 Å². The minimum absolute atomic E-state index is 0.697. The van der Waals surface area contributed by atoms with Crippen LogP contribution in [0.1, 0.15) is 12.8 Å². The average molecular weight is 169 g/mol. The van der Waals surface area contributed by atoms with E-state index in [1.165, 1.54) is 39.0 Å². The molecule has 3 nitrogen and oxygen atoms in total. The first-order chi connectivity index (χ1) is 5.74. The highest BCUT2D eigenvalue weighted by Gasteiger charge is 2.42. The molecule has 3 heteroatoms. The first kappa shape index (κ1) is 8.48. The Bertz CT molecular complexity index is 153. The minimum Gasteiger partial charge on any atom is -0.305 e. The molecule has 2 fully saturated rings. The Labute approximate surface area is 74.7 Å². The van der Waals surface area contributed by atoms with E-state index < -0.39 is 0 Å². The van der Waals surface area contributed by atoms with Crippen molar-refractivity contribution in [2.24, 2.45) is 5.41 Å². The predicted molar refractivity (Wildman–Crippen MR) is 49.8 cm³/mol. The summed E-state index contributed by atoms with van der Waals surface area (Å²) in [5.41, 5.74) is 3.92. The molecular weight excluding hydrogens is 150 g/mol. The third kappa shape index (κ3) is 1.37. The van der Waals surface area contributed by atoms with Gasteiger partial charge in [0.1, 0.15) is 0 Å². The maximum Gasteiger partial charge on any atom is 0.0137 e. The van der Waals surface area contributed by atoms with Gasteiger partial charge in [0, 0.05) is 26.2 Å². The van der Waals surface area contributed by atoms with Gasteiger partial charge in [0.05, 0.1) is 0 Å². The Balaban J connectivity index is 1.83. The first-order valence-corrected chi connectivity index (χ1v) is 4.85. The van der Waals surface area contributed by atoms with Gasteiger partial charge >= 0.3 is 0 Å². The summed E-state index contributed by atoms with van der Waals surface area (Å²) in [4.78, 5) is 2.43. The zero-order valence-corrected chi connectivity index (χ0v) is 8.14. The summed E-state index contributed by atoms with van der Waals surface area (Å²) in [5.74, 6) is 0.